The summed E-state index contributed by atoms with van der Waals surface area (Å²) in [6.07, 6.45) is 1.77. The van der Waals surface area contributed by atoms with Crippen LogP contribution in [0.5, 0.6) is 5.75 Å². The molecule has 3 N–H and O–H groups in total. The Morgan fingerprint density at radius 3 is 2.80 bits per heavy atom. The van der Waals surface area contributed by atoms with Crippen LogP contribution < -0.4 is 10.5 Å². The molecule has 1 amide bonds. The molecule has 7 nitrogen and oxygen atoms in total. The Kier molecular flexibility index (Phi) is 2.94. The molecule has 7 heteroatoms. The number of rotatable bonds is 4. The minimum Gasteiger partial charge on any atom is -0.426 e. The SMILES string of the molecule is NC(=O)c1n[nH]nc1-c1cccc(OC(=O)C2CC2)c1. The van der Waals surface area contributed by atoms with E-state index in [2.05, 4.69) is 15.4 Å². The molecule has 0 radical (unpaired) electrons. The molecule has 1 aliphatic carbocycles. The van der Waals surface area contributed by atoms with Gasteiger partial charge in [-0.05, 0) is 25.0 Å². The molecule has 0 bridgehead atoms. The molecule has 1 aliphatic rings. The van der Waals surface area contributed by atoms with Gasteiger partial charge in [-0.25, -0.2) is 0 Å². The molecular weight excluding hydrogens is 260 g/mol. The van der Waals surface area contributed by atoms with Gasteiger partial charge in [-0.15, -0.1) is 0 Å². The van der Waals surface area contributed by atoms with Gasteiger partial charge in [0.1, 0.15) is 11.4 Å². The molecule has 2 aromatic rings. The quantitative estimate of drug-likeness (QED) is 0.634. The Morgan fingerprint density at radius 2 is 2.10 bits per heavy atom. The first kappa shape index (κ1) is 12.3. The zero-order chi connectivity index (χ0) is 14.1. The van der Waals surface area contributed by atoms with Gasteiger partial charge in [0, 0.05) is 5.56 Å². The van der Waals surface area contributed by atoms with Gasteiger partial charge in [0.05, 0.1) is 5.92 Å². The lowest BCUT2D eigenvalue weighted by Crippen LogP contribution is -2.13. The first-order chi connectivity index (χ1) is 9.65. The second-order valence-corrected chi connectivity index (χ2v) is 4.61. The van der Waals surface area contributed by atoms with Gasteiger partial charge in [-0.3, -0.25) is 9.59 Å². The lowest BCUT2D eigenvalue weighted by atomic mass is 10.1. The van der Waals surface area contributed by atoms with Crippen molar-refractivity contribution in [1.82, 2.24) is 15.4 Å². The summed E-state index contributed by atoms with van der Waals surface area (Å²) >= 11 is 0. The number of esters is 1. The van der Waals surface area contributed by atoms with Crippen LogP contribution in [0.4, 0.5) is 0 Å². The predicted molar refractivity (Wildman–Crippen MR) is 68.7 cm³/mol. The minimum atomic E-state index is -0.672. The van der Waals surface area contributed by atoms with Gasteiger partial charge >= 0.3 is 5.97 Å². The number of nitrogens with zero attached hydrogens (tertiary/aromatic N) is 2. The summed E-state index contributed by atoms with van der Waals surface area (Å²) in [5, 5.41) is 9.96. The number of nitrogens with two attached hydrogens (primary N) is 1. The van der Waals surface area contributed by atoms with Crippen LogP contribution in [-0.2, 0) is 4.79 Å². The van der Waals surface area contributed by atoms with Crippen LogP contribution in [0.1, 0.15) is 23.3 Å². The number of carbonyl (C=O) groups is 2. The zero-order valence-electron chi connectivity index (χ0n) is 10.5. The van der Waals surface area contributed by atoms with Crippen LogP contribution in [-0.4, -0.2) is 27.3 Å². The lowest BCUT2D eigenvalue weighted by Gasteiger charge is -2.05. The summed E-state index contributed by atoms with van der Waals surface area (Å²) in [5.74, 6) is -0.462. The number of primary amides is 1. The average molecular weight is 272 g/mol. The van der Waals surface area contributed by atoms with Crippen molar-refractivity contribution in [2.45, 2.75) is 12.8 Å². The van der Waals surface area contributed by atoms with Crippen molar-refractivity contribution in [2.24, 2.45) is 11.7 Å². The molecule has 0 unspecified atom stereocenters. The van der Waals surface area contributed by atoms with E-state index in [4.69, 9.17) is 10.5 Å². The Balaban J connectivity index is 1.88. The van der Waals surface area contributed by atoms with Gasteiger partial charge < -0.3 is 10.5 Å². The van der Waals surface area contributed by atoms with Gasteiger partial charge in [-0.1, -0.05) is 12.1 Å². The number of H-pyrrole nitrogens is 1. The molecule has 102 valence electrons. The Labute approximate surface area is 114 Å². The predicted octanol–water partition coefficient (Wildman–Crippen LogP) is 0.886. The highest BCUT2D eigenvalue weighted by Crippen LogP contribution is 2.31. The smallest absolute Gasteiger partial charge is 0.314 e. The Morgan fingerprint density at radius 1 is 1.30 bits per heavy atom. The largest absolute Gasteiger partial charge is 0.426 e. The number of benzene rings is 1. The number of aromatic amines is 1. The number of amides is 1. The van der Waals surface area contributed by atoms with Crippen molar-refractivity contribution >= 4 is 11.9 Å². The molecular formula is C13H12N4O3. The number of hydrogen-bond acceptors (Lipinski definition) is 5. The molecule has 0 spiro atoms. The second kappa shape index (κ2) is 4.76. The van der Waals surface area contributed by atoms with Crippen LogP contribution in [0.15, 0.2) is 24.3 Å². The summed E-state index contributed by atoms with van der Waals surface area (Å²) < 4.78 is 5.26. The average Bonchev–Trinajstić information content (AvgIpc) is 3.16. The summed E-state index contributed by atoms with van der Waals surface area (Å²) in [7, 11) is 0. The fourth-order valence-electron chi connectivity index (χ4n) is 1.83. The van der Waals surface area contributed by atoms with Crippen molar-refractivity contribution in [2.75, 3.05) is 0 Å². The Bertz CT molecular complexity index is 676. The van der Waals surface area contributed by atoms with Crippen molar-refractivity contribution in [3.63, 3.8) is 0 Å². The molecule has 0 atom stereocenters. The van der Waals surface area contributed by atoms with E-state index in [1.54, 1.807) is 24.3 Å². The first-order valence-electron chi connectivity index (χ1n) is 6.18. The molecule has 0 aliphatic heterocycles. The van der Waals surface area contributed by atoms with Gasteiger partial charge in [-0.2, -0.15) is 15.4 Å². The number of ether oxygens (including phenoxy) is 1. The van der Waals surface area contributed by atoms with Crippen LogP contribution >= 0.6 is 0 Å². The topological polar surface area (TPSA) is 111 Å². The minimum absolute atomic E-state index is 0.0203. The monoisotopic (exact) mass is 272 g/mol. The van der Waals surface area contributed by atoms with Crippen LogP contribution in [0, 0.1) is 5.92 Å². The highest BCUT2D eigenvalue weighted by atomic mass is 16.5. The summed E-state index contributed by atoms with van der Waals surface area (Å²) in [5.41, 5.74) is 6.21. The van der Waals surface area contributed by atoms with Gasteiger partial charge in [0.2, 0.25) is 0 Å². The molecule has 1 heterocycles. The maximum absolute atomic E-state index is 11.6. The fourth-order valence-corrected chi connectivity index (χ4v) is 1.83. The van der Waals surface area contributed by atoms with E-state index in [1.807, 2.05) is 0 Å². The standard InChI is InChI=1S/C13H12N4O3/c14-12(18)11-10(15-17-16-11)8-2-1-3-9(6-8)20-13(19)7-4-5-7/h1-3,6-7H,4-5H2,(H2,14,18)(H,15,16,17). The third-order valence-electron chi connectivity index (χ3n) is 3.02. The van der Waals surface area contributed by atoms with Crippen molar-refractivity contribution in [3.8, 4) is 17.0 Å². The number of aromatic nitrogens is 3. The maximum Gasteiger partial charge on any atom is 0.314 e. The van der Waals surface area contributed by atoms with Crippen molar-refractivity contribution < 1.29 is 14.3 Å². The summed E-state index contributed by atoms with van der Waals surface area (Å²) in [6, 6.07) is 6.75. The summed E-state index contributed by atoms with van der Waals surface area (Å²) in [4.78, 5) is 22.8. The van der Waals surface area contributed by atoms with E-state index in [1.165, 1.54) is 0 Å². The number of hydrogen-bond donors (Lipinski definition) is 2. The van der Waals surface area contributed by atoms with E-state index in [0.717, 1.165) is 12.8 Å². The molecule has 3 rings (SSSR count). The summed E-state index contributed by atoms with van der Waals surface area (Å²) in [6.45, 7) is 0. The van der Waals surface area contributed by atoms with Crippen molar-refractivity contribution in [1.29, 1.82) is 0 Å². The van der Waals surface area contributed by atoms with E-state index >= 15 is 0 Å². The molecule has 0 saturated heterocycles. The molecule has 1 aromatic heterocycles. The van der Waals surface area contributed by atoms with E-state index in [9.17, 15) is 9.59 Å². The Hall–Kier alpha value is -2.70. The van der Waals surface area contributed by atoms with Crippen LogP contribution in [0.3, 0.4) is 0 Å². The highest BCUT2D eigenvalue weighted by molar-refractivity contribution is 5.96. The second-order valence-electron chi connectivity index (χ2n) is 4.61. The van der Waals surface area contributed by atoms with E-state index < -0.39 is 5.91 Å². The van der Waals surface area contributed by atoms with Crippen LogP contribution in [0.2, 0.25) is 0 Å². The number of carbonyl (C=O) groups excluding carboxylic acids is 2. The third-order valence-corrected chi connectivity index (χ3v) is 3.02. The normalized spacial score (nSPS) is 14.0. The van der Waals surface area contributed by atoms with Gasteiger partial charge in [0.25, 0.3) is 5.91 Å². The molecule has 1 saturated carbocycles. The first-order valence-corrected chi connectivity index (χ1v) is 6.18. The van der Waals surface area contributed by atoms with Crippen molar-refractivity contribution in [3.05, 3.63) is 30.0 Å². The number of nitrogens with one attached hydrogen (secondary N) is 1. The van der Waals surface area contributed by atoms with E-state index in [-0.39, 0.29) is 17.6 Å². The lowest BCUT2D eigenvalue weighted by molar-refractivity contribution is -0.135. The highest BCUT2D eigenvalue weighted by Gasteiger charge is 2.31. The molecule has 1 aromatic carbocycles. The molecule has 20 heavy (non-hydrogen) atoms. The third kappa shape index (κ3) is 2.37. The maximum atomic E-state index is 11.6. The van der Waals surface area contributed by atoms with Gasteiger partial charge in [0.15, 0.2) is 5.69 Å². The molecule has 1 fully saturated rings. The fraction of sp³-hybridized carbons (Fsp3) is 0.231. The van der Waals surface area contributed by atoms with E-state index in [0.29, 0.717) is 17.0 Å². The zero-order valence-corrected chi connectivity index (χ0v) is 10.5. The van der Waals surface area contributed by atoms with Crippen LogP contribution in [0.25, 0.3) is 11.3 Å².